The Labute approximate surface area is 174 Å². The van der Waals surface area contributed by atoms with Crippen LogP contribution >= 0.6 is 23.2 Å². The number of aromatic nitrogens is 2. The monoisotopic (exact) mass is 430 g/mol. The fraction of sp³-hybridized carbons (Fsp3) is 0.150. The second-order valence-electron chi connectivity index (χ2n) is 7.09. The minimum atomic E-state index is -1.35. The lowest BCUT2D eigenvalue weighted by Gasteiger charge is -2.31. The van der Waals surface area contributed by atoms with E-state index in [0.717, 1.165) is 5.56 Å². The summed E-state index contributed by atoms with van der Waals surface area (Å²) in [5.74, 6) is -0.998. The lowest BCUT2D eigenvalue weighted by molar-refractivity contribution is -0.125. The van der Waals surface area contributed by atoms with Gasteiger partial charge in [0, 0.05) is 22.7 Å². The average molecular weight is 431 g/mol. The van der Waals surface area contributed by atoms with Gasteiger partial charge in [-0.15, -0.1) is 0 Å². The number of nitrogens with zero attached hydrogens (tertiary/aromatic N) is 2. The summed E-state index contributed by atoms with van der Waals surface area (Å²) >= 11 is 11.8. The van der Waals surface area contributed by atoms with Gasteiger partial charge in [0.15, 0.2) is 0 Å². The van der Waals surface area contributed by atoms with E-state index in [1.807, 2.05) is 12.1 Å². The van der Waals surface area contributed by atoms with Crippen molar-refractivity contribution in [2.75, 3.05) is 10.6 Å². The van der Waals surface area contributed by atoms with E-state index >= 15 is 0 Å². The zero-order chi connectivity index (χ0) is 20.3. The van der Waals surface area contributed by atoms with Crippen molar-refractivity contribution in [3.8, 4) is 0 Å². The van der Waals surface area contributed by atoms with Gasteiger partial charge in [-0.05, 0) is 35.4 Å². The van der Waals surface area contributed by atoms with Crippen LogP contribution in [0.1, 0.15) is 23.1 Å². The van der Waals surface area contributed by atoms with Gasteiger partial charge in [0.1, 0.15) is 17.1 Å². The molecule has 1 spiro atoms. The summed E-state index contributed by atoms with van der Waals surface area (Å²) in [7, 11) is 0. The number of hydrogen-bond donors (Lipinski definition) is 2. The molecule has 2 aliphatic rings. The molecule has 3 aromatic rings. The van der Waals surface area contributed by atoms with Crippen LogP contribution < -0.4 is 10.6 Å². The fourth-order valence-corrected chi connectivity index (χ4v) is 4.31. The molecule has 0 bridgehead atoms. The van der Waals surface area contributed by atoms with Crippen molar-refractivity contribution in [3.63, 3.8) is 0 Å². The summed E-state index contributed by atoms with van der Waals surface area (Å²) in [6.07, 6.45) is 1.40. The van der Waals surface area contributed by atoms with Crippen molar-refractivity contribution < 1.29 is 14.0 Å². The summed E-state index contributed by atoms with van der Waals surface area (Å²) in [5.41, 5.74) is 0.864. The molecule has 5 rings (SSSR count). The summed E-state index contributed by atoms with van der Waals surface area (Å²) < 4.78 is 15.8. The van der Waals surface area contributed by atoms with E-state index in [1.54, 1.807) is 23.0 Å². The maximum atomic E-state index is 14.2. The van der Waals surface area contributed by atoms with E-state index in [1.165, 1.54) is 12.1 Å². The zero-order valence-electron chi connectivity index (χ0n) is 14.8. The Bertz CT molecular complexity index is 1190. The topological polar surface area (TPSA) is 76.0 Å². The smallest absolute Gasteiger partial charge is 0.240 e. The lowest BCUT2D eigenvalue weighted by Crippen LogP contribution is -2.43. The maximum Gasteiger partial charge on any atom is 0.240 e. The molecule has 1 aromatic heterocycles. The van der Waals surface area contributed by atoms with Gasteiger partial charge in [0.2, 0.25) is 11.8 Å². The molecule has 9 heteroatoms. The number of rotatable bonds is 2. The highest BCUT2D eigenvalue weighted by atomic mass is 35.5. The number of carbonyl (C=O) groups excluding carboxylic acids is 2. The van der Waals surface area contributed by atoms with Gasteiger partial charge in [-0.25, -0.2) is 9.07 Å². The third-order valence-corrected chi connectivity index (χ3v) is 5.93. The van der Waals surface area contributed by atoms with Crippen LogP contribution in [-0.2, 0) is 21.5 Å². The Balaban J connectivity index is 1.65. The van der Waals surface area contributed by atoms with E-state index in [-0.39, 0.29) is 17.4 Å². The first-order chi connectivity index (χ1) is 13.9. The molecule has 0 fully saturated rings. The number of amides is 2. The lowest BCUT2D eigenvalue weighted by atomic mass is 9.72. The van der Waals surface area contributed by atoms with Crippen molar-refractivity contribution in [2.45, 2.75) is 18.4 Å². The van der Waals surface area contributed by atoms with Gasteiger partial charge >= 0.3 is 0 Å². The highest BCUT2D eigenvalue weighted by molar-refractivity contribution is 6.31. The normalized spacial score (nSPS) is 19.7. The van der Waals surface area contributed by atoms with E-state index in [0.29, 0.717) is 34.2 Å². The van der Waals surface area contributed by atoms with Crippen LogP contribution in [0, 0.1) is 5.82 Å². The van der Waals surface area contributed by atoms with Crippen LogP contribution in [0.15, 0.2) is 42.6 Å². The molecular weight excluding hydrogens is 418 g/mol. The average Bonchev–Trinajstić information content (AvgIpc) is 3.18. The van der Waals surface area contributed by atoms with Crippen molar-refractivity contribution in [1.82, 2.24) is 9.78 Å². The van der Waals surface area contributed by atoms with Crippen molar-refractivity contribution in [3.05, 3.63) is 75.1 Å². The molecule has 6 nitrogen and oxygen atoms in total. The summed E-state index contributed by atoms with van der Waals surface area (Å²) in [6.45, 7) is 0.367. The molecule has 2 amide bonds. The van der Waals surface area contributed by atoms with Gasteiger partial charge in [0.25, 0.3) is 0 Å². The second kappa shape index (κ2) is 6.30. The van der Waals surface area contributed by atoms with Gasteiger partial charge < -0.3 is 10.6 Å². The predicted molar refractivity (Wildman–Crippen MR) is 107 cm³/mol. The number of halogens is 3. The Hall–Kier alpha value is -2.90. The SMILES string of the molecule is O=C1C[C@]2(C(=O)Nc3cc(Cl)c(F)cc32)c2cnn(Cc3ccc(Cl)cc3)c2N1. The molecule has 3 heterocycles. The van der Waals surface area contributed by atoms with Crippen LogP contribution in [0.4, 0.5) is 15.9 Å². The molecule has 0 aliphatic carbocycles. The maximum absolute atomic E-state index is 14.2. The molecule has 146 valence electrons. The Morgan fingerprint density at radius 1 is 1.10 bits per heavy atom. The van der Waals surface area contributed by atoms with Crippen LogP contribution in [-0.4, -0.2) is 21.6 Å². The molecule has 2 N–H and O–H groups in total. The first kappa shape index (κ1) is 18.1. The Morgan fingerprint density at radius 3 is 2.62 bits per heavy atom. The Morgan fingerprint density at radius 2 is 1.86 bits per heavy atom. The molecule has 29 heavy (non-hydrogen) atoms. The molecule has 0 radical (unpaired) electrons. The van der Waals surface area contributed by atoms with Gasteiger partial charge in [-0.2, -0.15) is 5.10 Å². The third-order valence-electron chi connectivity index (χ3n) is 5.38. The minimum Gasteiger partial charge on any atom is -0.325 e. The highest BCUT2D eigenvalue weighted by Gasteiger charge is 2.54. The largest absolute Gasteiger partial charge is 0.325 e. The summed E-state index contributed by atoms with van der Waals surface area (Å²) in [5, 5.41) is 10.4. The number of hydrogen-bond acceptors (Lipinski definition) is 3. The molecule has 0 unspecified atom stereocenters. The van der Waals surface area contributed by atoms with E-state index in [9.17, 15) is 14.0 Å². The predicted octanol–water partition coefficient (Wildman–Crippen LogP) is 3.96. The van der Waals surface area contributed by atoms with Crippen LogP contribution in [0.2, 0.25) is 10.0 Å². The standard InChI is InChI=1S/C20H13Cl2FN4O2/c21-11-3-1-10(2-4-11)9-27-18-13(8-24-27)20(7-17(28)26-18)12-5-15(23)14(22)6-16(12)25-19(20)29/h1-6,8H,7,9H2,(H,25,29)(H,26,28)/t20-/m1/s1. The van der Waals surface area contributed by atoms with Gasteiger partial charge in [-0.1, -0.05) is 35.3 Å². The summed E-state index contributed by atoms with van der Waals surface area (Å²) in [4.78, 5) is 25.6. The summed E-state index contributed by atoms with van der Waals surface area (Å²) in [6, 6.07) is 9.81. The van der Waals surface area contributed by atoms with Crippen molar-refractivity contribution in [2.24, 2.45) is 0 Å². The van der Waals surface area contributed by atoms with Crippen LogP contribution in [0.3, 0.4) is 0 Å². The van der Waals surface area contributed by atoms with E-state index in [2.05, 4.69) is 15.7 Å². The molecule has 0 saturated heterocycles. The minimum absolute atomic E-state index is 0.0972. The number of benzene rings is 2. The number of carbonyl (C=O) groups is 2. The van der Waals surface area contributed by atoms with Gasteiger partial charge in [0.05, 0.1) is 17.8 Å². The number of nitrogens with one attached hydrogen (secondary N) is 2. The number of anilines is 2. The third kappa shape index (κ3) is 2.65. The molecule has 2 aromatic carbocycles. The first-order valence-corrected chi connectivity index (χ1v) is 9.55. The molecule has 2 aliphatic heterocycles. The molecule has 1 atom stereocenters. The van der Waals surface area contributed by atoms with Crippen molar-refractivity contribution in [1.29, 1.82) is 0 Å². The van der Waals surface area contributed by atoms with Crippen LogP contribution in [0.25, 0.3) is 0 Å². The van der Waals surface area contributed by atoms with Crippen molar-refractivity contribution >= 4 is 46.5 Å². The number of fused-ring (bicyclic) bond motifs is 4. The second-order valence-corrected chi connectivity index (χ2v) is 7.93. The van der Waals surface area contributed by atoms with Crippen LogP contribution in [0.5, 0.6) is 0 Å². The highest BCUT2D eigenvalue weighted by Crippen LogP contribution is 2.50. The van der Waals surface area contributed by atoms with Gasteiger partial charge in [-0.3, -0.25) is 9.59 Å². The molecular formula is C20H13Cl2FN4O2. The Kier molecular flexibility index (Phi) is 3.94. The van der Waals surface area contributed by atoms with E-state index in [4.69, 9.17) is 23.2 Å². The first-order valence-electron chi connectivity index (χ1n) is 8.80. The van der Waals surface area contributed by atoms with E-state index < -0.39 is 17.1 Å². The zero-order valence-corrected chi connectivity index (χ0v) is 16.3. The quantitative estimate of drug-likeness (QED) is 0.645. The fourth-order valence-electron chi connectivity index (χ4n) is 4.02. The molecule has 0 saturated carbocycles.